The highest BCUT2D eigenvalue weighted by atomic mass is 16.4. The molecule has 0 atom stereocenters. The van der Waals surface area contributed by atoms with Gasteiger partial charge in [0.1, 0.15) is 11.6 Å². The van der Waals surface area contributed by atoms with Gasteiger partial charge in [-0.25, -0.2) is 0 Å². The van der Waals surface area contributed by atoms with E-state index in [-0.39, 0.29) is 5.84 Å². The number of hydrogen-bond acceptors (Lipinski definition) is 4. The van der Waals surface area contributed by atoms with Gasteiger partial charge >= 0.3 is 0 Å². The molecule has 0 radical (unpaired) electrons. The van der Waals surface area contributed by atoms with Gasteiger partial charge in [0, 0.05) is 25.6 Å². The van der Waals surface area contributed by atoms with Crippen LogP contribution in [0.3, 0.4) is 0 Å². The number of benzene rings is 1. The summed E-state index contributed by atoms with van der Waals surface area (Å²) in [5.74, 6) is 0.552. The number of amidine groups is 1. The zero-order valence-electron chi connectivity index (χ0n) is 10.3. The van der Waals surface area contributed by atoms with E-state index in [1.165, 1.54) is 12.8 Å². The van der Waals surface area contributed by atoms with Gasteiger partial charge < -0.3 is 16.0 Å². The Labute approximate surface area is 107 Å². The van der Waals surface area contributed by atoms with E-state index in [9.17, 15) is 5.11 Å². The van der Waals surface area contributed by atoms with Gasteiger partial charge in [0.05, 0.1) is 0 Å². The minimum atomic E-state index is 0.261. The SMILES string of the molecule is NC(CCN(Cc1cccc(O)c1)C1CC1)=NO. The van der Waals surface area contributed by atoms with Crippen LogP contribution < -0.4 is 5.73 Å². The molecule has 0 spiro atoms. The van der Waals surface area contributed by atoms with Crippen molar-refractivity contribution in [3.8, 4) is 5.75 Å². The van der Waals surface area contributed by atoms with E-state index in [1.54, 1.807) is 12.1 Å². The van der Waals surface area contributed by atoms with Gasteiger partial charge in [-0.2, -0.15) is 0 Å². The zero-order valence-corrected chi connectivity index (χ0v) is 10.3. The number of phenolic OH excluding ortho intramolecular Hbond substituents is 1. The van der Waals surface area contributed by atoms with Crippen molar-refractivity contribution in [2.45, 2.75) is 31.8 Å². The Morgan fingerprint density at radius 3 is 2.83 bits per heavy atom. The molecule has 5 heteroatoms. The second kappa shape index (κ2) is 5.73. The van der Waals surface area contributed by atoms with E-state index in [4.69, 9.17) is 10.9 Å². The number of rotatable bonds is 6. The number of phenols is 1. The van der Waals surface area contributed by atoms with Crippen molar-refractivity contribution in [1.29, 1.82) is 0 Å². The molecule has 0 heterocycles. The highest BCUT2D eigenvalue weighted by Gasteiger charge is 2.28. The number of hydrogen-bond donors (Lipinski definition) is 3. The summed E-state index contributed by atoms with van der Waals surface area (Å²) in [5.41, 5.74) is 6.58. The molecule has 1 aromatic carbocycles. The third kappa shape index (κ3) is 3.63. The third-order valence-corrected chi connectivity index (χ3v) is 3.14. The summed E-state index contributed by atoms with van der Waals surface area (Å²) in [6.45, 7) is 1.56. The third-order valence-electron chi connectivity index (χ3n) is 3.14. The quantitative estimate of drug-likeness (QED) is 0.309. The van der Waals surface area contributed by atoms with Crippen molar-refractivity contribution >= 4 is 5.84 Å². The average molecular weight is 249 g/mol. The molecule has 0 aromatic heterocycles. The van der Waals surface area contributed by atoms with Gasteiger partial charge in [0.2, 0.25) is 0 Å². The molecule has 4 N–H and O–H groups in total. The summed E-state index contributed by atoms with van der Waals surface area (Å²) in [4.78, 5) is 2.31. The summed E-state index contributed by atoms with van der Waals surface area (Å²) in [5, 5.41) is 21.0. The number of nitrogens with zero attached hydrogens (tertiary/aromatic N) is 2. The molecule has 0 unspecified atom stereocenters. The fourth-order valence-corrected chi connectivity index (χ4v) is 2.03. The van der Waals surface area contributed by atoms with Gasteiger partial charge in [0.15, 0.2) is 0 Å². The molecule has 2 rings (SSSR count). The van der Waals surface area contributed by atoms with Gasteiger partial charge in [-0.15, -0.1) is 0 Å². The Morgan fingerprint density at radius 2 is 2.22 bits per heavy atom. The van der Waals surface area contributed by atoms with E-state index in [2.05, 4.69) is 10.1 Å². The first-order valence-corrected chi connectivity index (χ1v) is 6.17. The lowest BCUT2D eigenvalue weighted by atomic mass is 10.2. The lowest BCUT2D eigenvalue weighted by Crippen LogP contribution is -2.29. The molecule has 18 heavy (non-hydrogen) atoms. The van der Waals surface area contributed by atoms with E-state index in [1.807, 2.05) is 12.1 Å². The lowest BCUT2D eigenvalue weighted by Gasteiger charge is -2.21. The first-order chi connectivity index (χ1) is 8.69. The van der Waals surface area contributed by atoms with Crippen molar-refractivity contribution in [2.24, 2.45) is 10.9 Å². The fraction of sp³-hybridized carbons (Fsp3) is 0.462. The second-order valence-corrected chi connectivity index (χ2v) is 4.71. The van der Waals surface area contributed by atoms with Crippen molar-refractivity contribution < 1.29 is 10.3 Å². The monoisotopic (exact) mass is 249 g/mol. The molecule has 1 fully saturated rings. The number of aromatic hydroxyl groups is 1. The molecular formula is C13H19N3O2. The van der Waals surface area contributed by atoms with Crippen LogP contribution in [0, 0.1) is 0 Å². The first kappa shape index (κ1) is 12.7. The van der Waals surface area contributed by atoms with Crippen LogP contribution in [-0.4, -0.2) is 33.6 Å². The van der Waals surface area contributed by atoms with Crippen LogP contribution in [0.2, 0.25) is 0 Å². The van der Waals surface area contributed by atoms with Crippen molar-refractivity contribution in [1.82, 2.24) is 4.90 Å². The van der Waals surface area contributed by atoms with Gasteiger partial charge in [-0.3, -0.25) is 4.90 Å². The molecule has 1 aliphatic rings. The zero-order chi connectivity index (χ0) is 13.0. The average Bonchev–Trinajstić information content (AvgIpc) is 3.18. The maximum absolute atomic E-state index is 9.45. The van der Waals surface area contributed by atoms with Gasteiger partial charge in [-0.05, 0) is 30.5 Å². The fourth-order valence-electron chi connectivity index (χ4n) is 2.03. The predicted molar refractivity (Wildman–Crippen MR) is 69.6 cm³/mol. The van der Waals surface area contributed by atoms with Crippen LogP contribution >= 0.6 is 0 Å². The van der Waals surface area contributed by atoms with Crippen LogP contribution in [0.5, 0.6) is 5.75 Å². The lowest BCUT2D eigenvalue weighted by molar-refractivity contribution is 0.259. The molecule has 0 amide bonds. The molecule has 98 valence electrons. The maximum Gasteiger partial charge on any atom is 0.140 e. The van der Waals surface area contributed by atoms with Crippen LogP contribution in [-0.2, 0) is 6.54 Å². The van der Waals surface area contributed by atoms with E-state index >= 15 is 0 Å². The summed E-state index contributed by atoms with van der Waals surface area (Å²) < 4.78 is 0. The minimum Gasteiger partial charge on any atom is -0.508 e. The standard InChI is InChI=1S/C13H19N3O2/c14-13(15-18)6-7-16(11-4-5-11)9-10-2-1-3-12(17)8-10/h1-3,8,11,17-18H,4-7,9H2,(H2,14,15). The number of nitrogens with two attached hydrogens (primary N) is 1. The van der Waals surface area contributed by atoms with Crippen LogP contribution in [0.1, 0.15) is 24.8 Å². The molecule has 1 saturated carbocycles. The Balaban J connectivity index is 1.94. The second-order valence-electron chi connectivity index (χ2n) is 4.71. The molecule has 0 saturated heterocycles. The molecule has 0 bridgehead atoms. The predicted octanol–water partition coefficient (Wildman–Crippen LogP) is 1.49. The summed E-state index contributed by atoms with van der Waals surface area (Å²) in [6, 6.07) is 7.89. The molecular weight excluding hydrogens is 230 g/mol. The molecule has 5 nitrogen and oxygen atoms in total. The normalized spacial score (nSPS) is 16.2. The minimum absolute atomic E-state index is 0.261. The highest BCUT2D eigenvalue weighted by molar-refractivity contribution is 5.79. The summed E-state index contributed by atoms with van der Waals surface area (Å²) in [7, 11) is 0. The van der Waals surface area contributed by atoms with E-state index in [0.29, 0.717) is 18.2 Å². The van der Waals surface area contributed by atoms with Crippen LogP contribution in [0.25, 0.3) is 0 Å². The maximum atomic E-state index is 9.45. The molecule has 0 aliphatic heterocycles. The molecule has 1 aromatic rings. The van der Waals surface area contributed by atoms with Gasteiger partial charge in [0.25, 0.3) is 0 Å². The Kier molecular flexibility index (Phi) is 4.04. The van der Waals surface area contributed by atoms with Crippen molar-refractivity contribution in [2.75, 3.05) is 6.54 Å². The van der Waals surface area contributed by atoms with Gasteiger partial charge in [-0.1, -0.05) is 17.3 Å². The molecule has 1 aliphatic carbocycles. The van der Waals surface area contributed by atoms with Crippen molar-refractivity contribution in [3.05, 3.63) is 29.8 Å². The van der Waals surface area contributed by atoms with E-state index < -0.39 is 0 Å². The van der Waals surface area contributed by atoms with E-state index in [0.717, 1.165) is 18.7 Å². The Hall–Kier alpha value is -1.75. The Bertz CT molecular complexity index is 430. The van der Waals surface area contributed by atoms with Crippen LogP contribution in [0.15, 0.2) is 29.4 Å². The first-order valence-electron chi connectivity index (χ1n) is 6.17. The highest BCUT2D eigenvalue weighted by Crippen LogP contribution is 2.28. The largest absolute Gasteiger partial charge is 0.508 e. The summed E-state index contributed by atoms with van der Waals surface area (Å²) in [6.07, 6.45) is 2.97. The Morgan fingerprint density at radius 1 is 1.44 bits per heavy atom. The van der Waals surface area contributed by atoms with Crippen molar-refractivity contribution in [3.63, 3.8) is 0 Å². The smallest absolute Gasteiger partial charge is 0.140 e. The number of oxime groups is 1. The summed E-state index contributed by atoms with van der Waals surface area (Å²) >= 11 is 0. The van der Waals surface area contributed by atoms with Crippen LogP contribution in [0.4, 0.5) is 0 Å². The topological polar surface area (TPSA) is 82.1 Å².